The Morgan fingerprint density at radius 3 is 2.30 bits per heavy atom. The van der Waals surface area contributed by atoms with E-state index < -0.39 is 10.0 Å². The lowest BCUT2D eigenvalue weighted by atomic mass is 10.2. The normalized spacial score (nSPS) is 12.4. The number of sulfonamides is 1. The third kappa shape index (κ3) is 2.81. The van der Waals surface area contributed by atoms with Gasteiger partial charge in [-0.3, -0.25) is 9.20 Å². The lowest BCUT2D eigenvalue weighted by Gasteiger charge is -2.02. The molecule has 0 fully saturated rings. The van der Waals surface area contributed by atoms with E-state index in [1.807, 2.05) is 19.1 Å². The van der Waals surface area contributed by atoms with E-state index in [1.165, 1.54) is 16.5 Å². The Morgan fingerprint density at radius 1 is 0.867 bits per heavy atom. The van der Waals surface area contributed by atoms with E-state index in [4.69, 9.17) is 0 Å². The van der Waals surface area contributed by atoms with Crippen molar-refractivity contribution in [2.75, 3.05) is 0 Å². The van der Waals surface area contributed by atoms with Gasteiger partial charge in [0.25, 0.3) is 15.6 Å². The van der Waals surface area contributed by atoms with Gasteiger partial charge in [0.05, 0.1) is 21.3 Å². The van der Waals surface area contributed by atoms with E-state index >= 15 is 0 Å². The van der Waals surface area contributed by atoms with Gasteiger partial charge in [-0.25, -0.2) is 0 Å². The highest BCUT2D eigenvalue weighted by Crippen LogP contribution is 2.33. The Morgan fingerprint density at radius 2 is 1.53 bits per heavy atom. The van der Waals surface area contributed by atoms with Crippen LogP contribution in [0.1, 0.15) is 5.56 Å². The largest absolute Gasteiger partial charge is 0.339 e. The molecular weight excluding hydrogens is 400 g/mol. The second-order valence-corrected chi connectivity index (χ2v) is 8.58. The Kier molecular flexibility index (Phi) is 4.04. The number of benzene rings is 3. The minimum atomic E-state index is -3.99. The Bertz CT molecular complexity index is 1630. The van der Waals surface area contributed by atoms with Gasteiger partial charge in [0.2, 0.25) is 0 Å². The van der Waals surface area contributed by atoms with Gasteiger partial charge >= 0.3 is 0 Å². The number of fused-ring (bicyclic) bond motifs is 4. The van der Waals surface area contributed by atoms with Crippen molar-refractivity contribution in [2.24, 2.45) is 9.63 Å². The minimum Gasteiger partial charge on any atom is -0.339 e. The third-order valence-electron chi connectivity index (χ3n) is 5.03. The number of hydrogen-bond donors (Lipinski definition) is 1. The average molecular weight is 416 g/mol. The summed E-state index contributed by atoms with van der Waals surface area (Å²) in [5, 5.41) is 5.24. The van der Waals surface area contributed by atoms with Crippen LogP contribution < -0.4 is 5.56 Å². The van der Waals surface area contributed by atoms with E-state index in [0.717, 1.165) is 5.56 Å². The fourth-order valence-corrected chi connectivity index (χ4v) is 4.29. The summed E-state index contributed by atoms with van der Waals surface area (Å²) in [5.74, 6) is 0. The summed E-state index contributed by atoms with van der Waals surface area (Å²) in [6.45, 7) is 1.87. The Labute approximate surface area is 171 Å². The molecule has 0 atom stereocenters. The fourth-order valence-electron chi connectivity index (χ4n) is 3.53. The van der Waals surface area contributed by atoms with Gasteiger partial charge in [0.15, 0.2) is 0 Å². The van der Waals surface area contributed by atoms with E-state index in [9.17, 15) is 13.2 Å². The molecule has 7 nitrogen and oxygen atoms in total. The van der Waals surface area contributed by atoms with Crippen LogP contribution in [0.5, 0.6) is 0 Å². The Balaban J connectivity index is 1.79. The molecule has 0 aliphatic heterocycles. The average Bonchev–Trinajstić information content (AvgIpc) is 3.06. The predicted octanol–water partition coefficient (Wildman–Crippen LogP) is 4.72. The van der Waals surface area contributed by atoms with E-state index in [-0.39, 0.29) is 10.5 Å². The van der Waals surface area contributed by atoms with Crippen LogP contribution in [0.4, 0.5) is 5.69 Å². The molecular formula is C22H16N4O3S. The van der Waals surface area contributed by atoms with Crippen molar-refractivity contribution in [3.63, 3.8) is 0 Å². The standard InChI is InChI=1S/C22H16N4O3S/c1-14-10-12-15(13-11-14)30(28,29)25-24-20-17-7-3-5-9-19(17)26-21(20)23-18-8-4-2-6-16(18)22(26)27/h2-13,23H,1H3. The molecule has 0 aliphatic carbocycles. The van der Waals surface area contributed by atoms with Crippen molar-refractivity contribution < 1.29 is 8.42 Å². The van der Waals surface area contributed by atoms with Crippen molar-refractivity contribution in [1.29, 1.82) is 0 Å². The molecule has 0 saturated heterocycles. The Hall–Kier alpha value is -3.78. The highest BCUT2D eigenvalue weighted by atomic mass is 32.2. The number of nitrogens with one attached hydrogen (secondary N) is 1. The molecule has 2 heterocycles. The highest BCUT2D eigenvalue weighted by molar-refractivity contribution is 7.90. The van der Waals surface area contributed by atoms with Crippen molar-refractivity contribution in [3.8, 4) is 0 Å². The van der Waals surface area contributed by atoms with Crippen LogP contribution in [-0.4, -0.2) is 17.8 Å². The van der Waals surface area contributed by atoms with Crippen LogP contribution in [0.3, 0.4) is 0 Å². The zero-order valence-corrected chi connectivity index (χ0v) is 16.7. The first-order chi connectivity index (χ1) is 14.5. The van der Waals surface area contributed by atoms with Crippen molar-refractivity contribution in [3.05, 3.63) is 88.7 Å². The first kappa shape index (κ1) is 18.3. The smallest absolute Gasteiger partial charge is 0.299 e. The number of aromatic amines is 1. The SMILES string of the molecule is Cc1ccc(S(=O)(=O)N=Nc2c3ccccc3n3c(=O)c4ccccc4[nH]c23)cc1. The third-order valence-corrected chi connectivity index (χ3v) is 6.19. The summed E-state index contributed by atoms with van der Waals surface area (Å²) in [4.78, 5) is 16.4. The number of rotatable bonds is 3. The van der Waals surface area contributed by atoms with Gasteiger partial charge in [0.1, 0.15) is 11.3 Å². The van der Waals surface area contributed by atoms with Crippen LogP contribution in [-0.2, 0) is 10.0 Å². The first-order valence-corrected chi connectivity index (χ1v) is 10.7. The molecule has 148 valence electrons. The van der Waals surface area contributed by atoms with Gasteiger partial charge in [-0.1, -0.05) is 52.5 Å². The molecule has 0 aliphatic rings. The van der Waals surface area contributed by atoms with Crippen molar-refractivity contribution in [1.82, 2.24) is 9.38 Å². The van der Waals surface area contributed by atoms with Gasteiger partial charge in [-0.05, 0) is 37.3 Å². The van der Waals surface area contributed by atoms with Gasteiger partial charge in [-0.15, -0.1) is 5.11 Å². The van der Waals surface area contributed by atoms with E-state index in [2.05, 4.69) is 14.6 Å². The van der Waals surface area contributed by atoms with E-state index in [1.54, 1.807) is 48.5 Å². The van der Waals surface area contributed by atoms with Crippen LogP contribution in [0.25, 0.3) is 27.5 Å². The number of para-hydroxylation sites is 2. The fraction of sp³-hybridized carbons (Fsp3) is 0.0455. The maximum absolute atomic E-state index is 13.1. The van der Waals surface area contributed by atoms with Crippen LogP contribution in [0, 0.1) is 6.92 Å². The topological polar surface area (TPSA) is 96.1 Å². The second-order valence-electron chi connectivity index (χ2n) is 7.00. The number of nitrogens with zero attached hydrogens (tertiary/aromatic N) is 3. The van der Waals surface area contributed by atoms with Crippen LogP contribution in [0.2, 0.25) is 0 Å². The molecule has 0 unspecified atom stereocenters. The molecule has 0 spiro atoms. The monoisotopic (exact) mass is 416 g/mol. The molecule has 1 N–H and O–H groups in total. The summed E-state index contributed by atoms with van der Waals surface area (Å²) in [5.41, 5.74) is 2.68. The summed E-state index contributed by atoms with van der Waals surface area (Å²) >= 11 is 0. The second kappa shape index (κ2) is 6.64. The molecule has 3 aromatic carbocycles. The molecule has 0 bridgehead atoms. The van der Waals surface area contributed by atoms with Crippen molar-refractivity contribution >= 4 is 43.2 Å². The molecule has 8 heteroatoms. The number of hydrogen-bond acceptors (Lipinski definition) is 4. The minimum absolute atomic E-state index is 0.0589. The predicted molar refractivity (Wildman–Crippen MR) is 116 cm³/mol. The summed E-state index contributed by atoms with van der Waals surface area (Å²) in [7, 11) is -3.99. The molecule has 30 heavy (non-hydrogen) atoms. The number of aromatic nitrogens is 2. The van der Waals surface area contributed by atoms with Crippen molar-refractivity contribution in [2.45, 2.75) is 11.8 Å². The molecule has 0 amide bonds. The van der Waals surface area contributed by atoms with Gasteiger partial charge in [0, 0.05) is 5.39 Å². The number of aryl methyl sites for hydroxylation is 1. The highest BCUT2D eigenvalue weighted by Gasteiger charge is 2.18. The lowest BCUT2D eigenvalue weighted by molar-refractivity contribution is 0.595. The lowest BCUT2D eigenvalue weighted by Crippen LogP contribution is -2.13. The van der Waals surface area contributed by atoms with Crippen LogP contribution >= 0.6 is 0 Å². The summed E-state index contributed by atoms with van der Waals surface area (Å²) < 4.78 is 30.5. The van der Waals surface area contributed by atoms with Crippen LogP contribution in [0.15, 0.2) is 92.1 Å². The maximum atomic E-state index is 13.1. The first-order valence-electron chi connectivity index (χ1n) is 9.24. The molecule has 5 rings (SSSR count). The quantitative estimate of drug-likeness (QED) is 0.431. The summed E-state index contributed by atoms with van der Waals surface area (Å²) in [6.07, 6.45) is 0. The molecule has 0 radical (unpaired) electrons. The molecule has 0 saturated carbocycles. The molecule has 2 aromatic heterocycles. The maximum Gasteiger partial charge on any atom is 0.299 e. The van der Waals surface area contributed by atoms with E-state index in [0.29, 0.717) is 33.1 Å². The van der Waals surface area contributed by atoms with Gasteiger partial charge in [-0.2, -0.15) is 8.42 Å². The summed E-state index contributed by atoms with van der Waals surface area (Å²) in [6, 6.07) is 20.7. The number of H-pyrrole nitrogens is 1. The van der Waals surface area contributed by atoms with Gasteiger partial charge < -0.3 is 4.98 Å². The zero-order valence-electron chi connectivity index (χ0n) is 15.9. The molecule has 5 aromatic rings. The zero-order chi connectivity index (χ0) is 20.9.